The Balaban J connectivity index is 1.60. The third kappa shape index (κ3) is 3.91. The van der Waals surface area contributed by atoms with E-state index in [4.69, 9.17) is 11.6 Å². The highest BCUT2D eigenvalue weighted by Gasteiger charge is 2.10. The molecule has 7 heteroatoms. The highest BCUT2D eigenvalue weighted by molar-refractivity contribution is 6.30. The Labute approximate surface area is 149 Å². The molecule has 1 aromatic carbocycles. The predicted octanol–water partition coefficient (Wildman–Crippen LogP) is 4.21. The predicted molar refractivity (Wildman–Crippen MR) is 97.5 cm³/mol. The maximum atomic E-state index is 13.7. The smallest absolute Gasteiger partial charge is 0.319 e. The summed E-state index contributed by atoms with van der Waals surface area (Å²) in [5.74, 6) is -0.570. The first kappa shape index (κ1) is 17.2. The summed E-state index contributed by atoms with van der Waals surface area (Å²) in [4.78, 5) is 16.3. The highest BCUT2D eigenvalue weighted by Crippen LogP contribution is 2.20. The minimum atomic E-state index is -0.570. The van der Waals surface area contributed by atoms with Crippen LogP contribution in [0.1, 0.15) is 12.5 Å². The Morgan fingerprint density at radius 3 is 2.96 bits per heavy atom. The average Bonchev–Trinajstić information content (AvgIpc) is 2.96. The summed E-state index contributed by atoms with van der Waals surface area (Å²) >= 11 is 5.69. The molecule has 0 spiro atoms. The molecule has 25 heavy (non-hydrogen) atoms. The topological polar surface area (TPSA) is 59.0 Å². The summed E-state index contributed by atoms with van der Waals surface area (Å²) in [7, 11) is 0. The molecule has 0 atom stereocenters. The van der Waals surface area contributed by atoms with Crippen molar-refractivity contribution in [3.05, 3.63) is 59.1 Å². The summed E-state index contributed by atoms with van der Waals surface area (Å²) in [5, 5.41) is 6.57. The van der Waals surface area contributed by atoms with Crippen molar-refractivity contribution in [3.8, 4) is 0 Å². The minimum absolute atomic E-state index is 0.0914. The first-order valence-corrected chi connectivity index (χ1v) is 8.39. The standard InChI is InChI=1S/C18H18ClFN4O/c1-2-24-11-12(14-4-3-8-21-17(14)24)7-9-22-18(25)23-16-6-5-13(19)10-15(16)20/h3-6,8,10-11H,2,7,9H2,1H3,(H2,22,23,25). The van der Waals surface area contributed by atoms with Gasteiger partial charge in [-0.2, -0.15) is 0 Å². The van der Waals surface area contributed by atoms with Crippen LogP contribution in [-0.2, 0) is 13.0 Å². The van der Waals surface area contributed by atoms with Gasteiger partial charge in [-0.15, -0.1) is 0 Å². The molecule has 0 unspecified atom stereocenters. The second kappa shape index (κ2) is 7.53. The van der Waals surface area contributed by atoms with Gasteiger partial charge >= 0.3 is 6.03 Å². The second-order valence-corrected chi connectivity index (χ2v) is 6.01. The molecule has 0 bridgehead atoms. The molecule has 0 fully saturated rings. The van der Waals surface area contributed by atoms with E-state index in [2.05, 4.69) is 33.3 Å². The summed E-state index contributed by atoms with van der Waals surface area (Å²) in [6.45, 7) is 3.32. The van der Waals surface area contributed by atoms with Crippen molar-refractivity contribution in [2.75, 3.05) is 11.9 Å². The Bertz CT molecular complexity index is 909. The van der Waals surface area contributed by atoms with E-state index in [0.29, 0.717) is 13.0 Å². The maximum Gasteiger partial charge on any atom is 0.319 e. The van der Waals surface area contributed by atoms with Crippen LogP contribution in [0.2, 0.25) is 5.02 Å². The number of halogens is 2. The Morgan fingerprint density at radius 2 is 2.20 bits per heavy atom. The van der Waals surface area contributed by atoms with Crippen LogP contribution < -0.4 is 10.6 Å². The molecule has 0 radical (unpaired) electrons. The minimum Gasteiger partial charge on any atom is -0.338 e. The number of pyridine rings is 1. The van der Waals surface area contributed by atoms with Gasteiger partial charge in [0.2, 0.25) is 0 Å². The van der Waals surface area contributed by atoms with Crippen molar-refractivity contribution in [3.63, 3.8) is 0 Å². The molecule has 0 aliphatic rings. The van der Waals surface area contributed by atoms with Crippen LogP contribution in [0.4, 0.5) is 14.9 Å². The monoisotopic (exact) mass is 360 g/mol. The fraction of sp³-hybridized carbons (Fsp3) is 0.222. The first-order chi connectivity index (χ1) is 12.1. The van der Waals surface area contributed by atoms with Gasteiger partial charge in [-0.25, -0.2) is 14.2 Å². The molecule has 2 aromatic heterocycles. The highest BCUT2D eigenvalue weighted by atomic mass is 35.5. The van der Waals surface area contributed by atoms with Crippen molar-refractivity contribution >= 4 is 34.4 Å². The molecule has 0 aliphatic carbocycles. The van der Waals surface area contributed by atoms with E-state index in [1.807, 2.05) is 12.1 Å². The average molecular weight is 361 g/mol. The van der Waals surface area contributed by atoms with Gasteiger partial charge in [-0.3, -0.25) is 0 Å². The fourth-order valence-corrected chi connectivity index (χ4v) is 2.86. The van der Waals surface area contributed by atoms with E-state index in [-0.39, 0.29) is 10.7 Å². The number of hydrogen-bond acceptors (Lipinski definition) is 2. The van der Waals surface area contributed by atoms with Crippen LogP contribution in [0.25, 0.3) is 11.0 Å². The van der Waals surface area contributed by atoms with Crippen molar-refractivity contribution in [1.29, 1.82) is 0 Å². The number of rotatable bonds is 5. The summed E-state index contributed by atoms with van der Waals surface area (Å²) in [5.41, 5.74) is 2.14. The normalized spacial score (nSPS) is 10.8. The van der Waals surface area contributed by atoms with E-state index in [1.54, 1.807) is 6.20 Å². The quantitative estimate of drug-likeness (QED) is 0.716. The lowest BCUT2D eigenvalue weighted by Gasteiger charge is -2.08. The Kier molecular flexibility index (Phi) is 5.19. The van der Waals surface area contributed by atoms with Crippen molar-refractivity contribution in [2.24, 2.45) is 0 Å². The number of nitrogens with one attached hydrogen (secondary N) is 2. The third-order valence-electron chi connectivity index (χ3n) is 3.92. The lowest BCUT2D eigenvalue weighted by Crippen LogP contribution is -2.30. The molecule has 3 aromatic rings. The second-order valence-electron chi connectivity index (χ2n) is 5.57. The number of hydrogen-bond donors (Lipinski definition) is 2. The van der Waals surface area contributed by atoms with Crippen molar-refractivity contribution < 1.29 is 9.18 Å². The molecule has 2 heterocycles. The number of fused-ring (bicyclic) bond motifs is 1. The number of amides is 2. The number of urea groups is 1. The number of anilines is 1. The lowest BCUT2D eigenvalue weighted by molar-refractivity contribution is 0.252. The largest absolute Gasteiger partial charge is 0.338 e. The van der Waals surface area contributed by atoms with Crippen LogP contribution in [0, 0.1) is 5.82 Å². The summed E-state index contributed by atoms with van der Waals surface area (Å²) in [6.07, 6.45) is 4.48. The molecule has 0 saturated heterocycles. The molecule has 5 nitrogen and oxygen atoms in total. The number of benzene rings is 1. The zero-order chi connectivity index (χ0) is 17.8. The molecule has 130 valence electrons. The number of carbonyl (C=O) groups is 1. The Hall–Kier alpha value is -2.60. The van der Waals surface area contributed by atoms with Crippen LogP contribution in [0.15, 0.2) is 42.7 Å². The zero-order valence-corrected chi connectivity index (χ0v) is 14.5. The summed E-state index contributed by atoms with van der Waals surface area (Å²) in [6, 6.07) is 7.56. The number of nitrogens with zero attached hydrogens (tertiary/aromatic N) is 2. The third-order valence-corrected chi connectivity index (χ3v) is 4.15. The molecule has 0 aliphatic heterocycles. The van der Waals surface area contributed by atoms with Gasteiger partial charge in [0.15, 0.2) is 0 Å². The summed E-state index contributed by atoms with van der Waals surface area (Å²) < 4.78 is 15.8. The van der Waals surface area contributed by atoms with E-state index in [9.17, 15) is 9.18 Å². The van der Waals surface area contributed by atoms with Gasteiger partial charge in [-0.1, -0.05) is 11.6 Å². The van der Waals surface area contributed by atoms with Gasteiger partial charge < -0.3 is 15.2 Å². The lowest BCUT2D eigenvalue weighted by atomic mass is 10.1. The van der Waals surface area contributed by atoms with Crippen molar-refractivity contribution in [1.82, 2.24) is 14.9 Å². The molecule has 0 saturated carbocycles. The van der Waals surface area contributed by atoms with Gasteiger partial charge in [0, 0.05) is 35.9 Å². The van der Waals surface area contributed by atoms with Crippen LogP contribution >= 0.6 is 11.6 Å². The Morgan fingerprint density at radius 1 is 1.36 bits per heavy atom. The number of aryl methyl sites for hydroxylation is 1. The molecule has 2 N–H and O–H groups in total. The number of carbonyl (C=O) groups excluding carboxylic acids is 1. The van der Waals surface area contributed by atoms with E-state index in [0.717, 1.165) is 29.2 Å². The maximum absolute atomic E-state index is 13.7. The van der Waals surface area contributed by atoms with Gasteiger partial charge in [-0.05, 0) is 49.2 Å². The SMILES string of the molecule is CCn1cc(CCNC(=O)Nc2ccc(Cl)cc2F)c2cccnc21. The van der Waals surface area contributed by atoms with Gasteiger partial charge in [0.25, 0.3) is 0 Å². The zero-order valence-electron chi connectivity index (χ0n) is 13.7. The first-order valence-electron chi connectivity index (χ1n) is 8.01. The fourth-order valence-electron chi connectivity index (χ4n) is 2.70. The van der Waals surface area contributed by atoms with Crippen LogP contribution in [-0.4, -0.2) is 22.1 Å². The van der Waals surface area contributed by atoms with E-state index < -0.39 is 11.8 Å². The molecular weight excluding hydrogens is 343 g/mol. The van der Waals surface area contributed by atoms with E-state index in [1.165, 1.54) is 12.1 Å². The number of aromatic nitrogens is 2. The van der Waals surface area contributed by atoms with Gasteiger partial charge in [0.1, 0.15) is 11.5 Å². The van der Waals surface area contributed by atoms with Gasteiger partial charge in [0.05, 0.1) is 5.69 Å². The van der Waals surface area contributed by atoms with Crippen LogP contribution in [0.3, 0.4) is 0 Å². The van der Waals surface area contributed by atoms with Crippen molar-refractivity contribution in [2.45, 2.75) is 19.9 Å². The molecular formula is C18H18ClFN4O. The molecule has 2 amide bonds. The molecule has 3 rings (SSSR count). The van der Waals surface area contributed by atoms with Crippen LogP contribution in [0.5, 0.6) is 0 Å². The van der Waals surface area contributed by atoms with E-state index >= 15 is 0 Å².